The first kappa shape index (κ1) is 7.25. The predicted molar refractivity (Wildman–Crippen MR) is 46.4 cm³/mol. The molecule has 1 unspecified atom stereocenters. The first-order valence-electron chi connectivity index (χ1n) is 3.74. The molecule has 60 valence electrons. The Labute approximate surface area is 70.5 Å². The summed E-state index contributed by atoms with van der Waals surface area (Å²) in [6.07, 6.45) is 1.06. The second-order valence-corrected chi connectivity index (χ2v) is 4.62. The highest BCUT2D eigenvalue weighted by Gasteiger charge is 2.60. The minimum atomic E-state index is -0.132. The molecular weight excluding hydrogens is 156 g/mol. The van der Waals surface area contributed by atoms with Gasteiger partial charge in [-0.1, -0.05) is 13.8 Å². The SMILES string of the molecule is CC1(C)CC1(N)c1cscn1. The molecule has 1 atom stereocenters. The fourth-order valence-corrected chi connectivity index (χ4v) is 2.16. The average molecular weight is 168 g/mol. The maximum Gasteiger partial charge on any atom is 0.0795 e. The summed E-state index contributed by atoms with van der Waals surface area (Å²) in [5.41, 5.74) is 9.16. The van der Waals surface area contributed by atoms with Gasteiger partial charge in [0.2, 0.25) is 0 Å². The highest BCUT2D eigenvalue weighted by molar-refractivity contribution is 7.07. The summed E-state index contributed by atoms with van der Waals surface area (Å²) < 4.78 is 0. The van der Waals surface area contributed by atoms with Gasteiger partial charge in [0.25, 0.3) is 0 Å². The zero-order chi connectivity index (χ0) is 8.11. The lowest BCUT2D eigenvalue weighted by Crippen LogP contribution is -2.25. The molecule has 1 fully saturated rings. The van der Waals surface area contributed by atoms with E-state index in [2.05, 4.69) is 24.2 Å². The lowest BCUT2D eigenvalue weighted by molar-refractivity contribution is 0.502. The van der Waals surface area contributed by atoms with Crippen LogP contribution in [0, 0.1) is 5.41 Å². The van der Waals surface area contributed by atoms with E-state index in [1.54, 1.807) is 11.3 Å². The Balaban J connectivity index is 2.33. The van der Waals surface area contributed by atoms with E-state index < -0.39 is 0 Å². The van der Waals surface area contributed by atoms with Gasteiger partial charge >= 0.3 is 0 Å². The molecule has 11 heavy (non-hydrogen) atoms. The molecule has 0 saturated heterocycles. The van der Waals surface area contributed by atoms with Crippen LogP contribution < -0.4 is 5.73 Å². The van der Waals surface area contributed by atoms with E-state index in [1.807, 2.05) is 5.51 Å². The molecule has 1 saturated carbocycles. The number of hydrogen-bond donors (Lipinski definition) is 1. The van der Waals surface area contributed by atoms with Gasteiger partial charge in [-0.25, -0.2) is 4.98 Å². The molecule has 0 aromatic carbocycles. The van der Waals surface area contributed by atoms with Gasteiger partial charge in [0.1, 0.15) is 0 Å². The second-order valence-electron chi connectivity index (χ2n) is 3.91. The number of hydrogen-bond acceptors (Lipinski definition) is 3. The maximum atomic E-state index is 6.13. The minimum Gasteiger partial charge on any atom is -0.320 e. The molecule has 2 rings (SSSR count). The summed E-state index contributed by atoms with van der Waals surface area (Å²) in [5.74, 6) is 0. The van der Waals surface area contributed by atoms with Crippen LogP contribution in [0.25, 0.3) is 0 Å². The van der Waals surface area contributed by atoms with Gasteiger partial charge in [0, 0.05) is 5.38 Å². The molecule has 1 aromatic heterocycles. The van der Waals surface area contributed by atoms with E-state index in [-0.39, 0.29) is 11.0 Å². The summed E-state index contributed by atoms with van der Waals surface area (Å²) in [7, 11) is 0. The first-order chi connectivity index (χ1) is 5.06. The highest BCUT2D eigenvalue weighted by atomic mass is 32.1. The van der Waals surface area contributed by atoms with E-state index in [0.29, 0.717) is 0 Å². The molecule has 1 aliphatic rings. The Kier molecular flexibility index (Phi) is 1.22. The quantitative estimate of drug-likeness (QED) is 0.693. The molecule has 2 N–H and O–H groups in total. The van der Waals surface area contributed by atoms with E-state index >= 15 is 0 Å². The van der Waals surface area contributed by atoms with Crippen molar-refractivity contribution >= 4 is 11.3 Å². The molecule has 0 spiro atoms. The molecule has 3 heteroatoms. The van der Waals surface area contributed by atoms with Gasteiger partial charge in [-0.15, -0.1) is 11.3 Å². The van der Waals surface area contributed by atoms with Crippen molar-refractivity contribution in [3.05, 3.63) is 16.6 Å². The molecular formula is C8H12N2S. The molecule has 0 radical (unpaired) electrons. The van der Waals surface area contributed by atoms with Gasteiger partial charge in [-0.3, -0.25) is 0 Å². The number of aromatic nitrogens is 1. The van der Waals surface area contributed by atoms with Crippen LogP contribution in [0.4, 0.5) is 0 Å². The zero-order valence-electron chi connectivity index (χ0n) is 6.79. The van der Waals surface area contributed by atoms with E-state index in [1.165, 1.54) is 0 Å². The summed E-state index contributed by atoms with van der Waals surface area (Å²) in [4.78, 5) is 4.24. The van der Waals surface area contributed by atoms with Crippen molar-refractivity contribution in [3.8, 4) is 0 Å². The van der Waals surface area contributed by atoms with Gasteiger partial charge in [0.15, 0.2) is 0 Å². The minimum absolute atomic E-state index is 0.132. The molecule has 1 aromatic rings. The number of thiazole rings is 1. The van der Waals surface area contributed by atoms with Crippen LogP contribution in [0.5, 0.6) is 0 Å². The molecule has 1 aliphatic carbocycles. The van der Waals surface area contributed by atoms with Crippen LogP contribution in [0.1, 0.15) is 26.0 Å². The van der Waals surface area contributed by atoms with Gasteiger partial charge in [0.05, 0.1) is 16.7 Å². The van der Waals surface area contributed by atoms with Crippen molar-refractivity contribution in [1.82, 2.24) is 4.98 Å². The van der Waals surface area contributed by atoms with Crippen molar-refractivity contribution in [2.24, 2.45) is 11.1 Å². The Morgan fingerprint density at radius 1 is 1.64 bits per heavy atom. The normalized spacial score (nSPS) is 33.7. The lowest BCUT2D eigenvalue weighted by Gasteiger charge is -2.10. The highest BCUT2D eigenvalue weighted by Crippen LogP contribution is 2.59. The number of nitrogens with zero attached hydrogens (tertiary/aromatic N) is 1. The lowest BCUT2D eigenvalue weighted by atomic mass is 10.0. The molecule has 1 heterocycles. The summed E-state index contributed by atoms with van der Waals surface area (Å²) >= 11 is 1.62. The third kappa shape index (κ3) is 0.844. The Morgan fingerprint density at radius 3 is 2.64 bits per heavy atom. The Bertz CT molecular complexity index is 266. The predicted octanol–water partition coefficient (Wildman–Crippen LogP) is 1.73. The van der Waals surface area contributed by atoms with Crippen molar-refractivity contribution in [2.45, 2.75) is 25.8 Å². The fraction of sp³-hybridized carbons (Fsp3) is 0.625. The standard InChI is InChI=1S/C8H12N2S/c1-7(2)4-8(7,9)6-3-11-5-10-6/h3,5H,4,9H2,1-2H3. The smallest absolute Gasteiger partial charge is 0.0795 e. The van der Waals surface area contributed by atoms with Crippen molar-refractivity contribution in [1.29, 1.82) is 0 Å². The van der Waals surface area contributed by atoms with Crippen LogP contribution in [-0.2, 0) is 5.54 Å². The molecule has 2 nitrogen and oxygen atoms in total. The van der Waals surface area contributed by atoms with Gasteiger partial charge in [-0.05, 0) is 11.8 Å². The van der Waals surface area contributed by atoms with Crippen LogP contribution >= 0.6 is 11.3 Å². The Morgan fingerprint density at radius 2 is 2.27 bits per heavy atom. The van der Waals surface area contributed by atoms with Gasteiger partial charge < -0.3 is 5.73 Å². The zero-order valence-corrected chi connectivity index (χ0v) is 7.61. The van der Waals surface area contributed by atoms with Crippen LogP contribution in [-0.4, -0.2) is 4.98 Å². The second kappa shape index (κ2) is 1.84. The number of nitrogens with two attached hydrogens (primary N) is 1. The molecule has 0 aliphatic heterocycles. The van der Waals surface area contributed by atoms with E-state index in [9.17, 15) is 0 Å². The van der Waals surface area contributed by atoms with Gasteiger partial charge in [-0.2, -0.15) is 0 Å². The van der Waals surface area contributed by atoms with E-state index in [4.69, 9.17) is 5.73 Å². The molecule has 0 bridgehead atoms. The largest absolute Gasteiger partial charge is 0.320 e. The number of rotatable bonds is 1. The monoisotopic (exact) mass is 168 g/mol. The summed E-state index contributed by atoms with van der Waals surface area (Å²) in [6, 6.07) is 0. The van der Waals surface area contributed by atoms with Crippen molar-refractivity contribution < 1.29 is 0 Å². The fourth-order valence-electron chi connectivity index (χ4n) is 1.52. The van der Waals surface area contributed by atoms with Crippen LogP contribution in [0.2, 0.25) is 0 Å². The Hall–Kier alpha value is -0.410. The topological polar surface area (TPSA) is 38.9 Å². The van der Waals surface area contributed by atoms with E-state index in [0.717, 1.165) is 12.1 Å². The summed E-state index contributed by atoms with van der Waals surface area (Å²) in [6.45, 7) is 4.37. The maximum absolute atomic E-state index is 6.13. The third-order valence-electron chi connectivity index (χ3n) is 2.69. The summed E-state index contributed by atoms with van der Waals surface area (Å²) in [5, 5.41) is 2.05. The third-order valence-corrected chi connectivity index (χ3v) is 3.28. The van der Waals surface area contributed by atoms with Crippen LogP contribution in [0.15, 0.2) is 10.9 Å². The molecule has 0 amide bonds. The average Bonchev–Trinajstić information content (AvgIpc) is 2.36. The van der Waals surface area contributed by atoms with Crippen molar-refractivity contribution in [3.63, 3.8) is 0 Å². The first-order valence-corrected chi connectivity index (χ1v) is 4.68. The van der Waals surface area contributed by atoms with Crippen LogP contribution in [0.3, 0.4) is 0 Å². The van der Waals surface area contributed by atoms with Crippen molar-refractivity contribution in [2.75, 3.05) is 0 Å².